The first-order chi connectivity index (χ1) is 7.18. The van der Waals surface area contributed by atoms with Gasteiger partial charge in [0.1, 0.15) is 0 Å². The van der Waals surface area contributed by atoms with Crippen molar-refractivity contribution in [3.8, 4) is 0 Å². The first kappa shape index (κ1) is 11.4. The van der Waals surface area contributed by atoms with Crippen LogP contribution in [0.2, 0.25) is 0 Å². The number of morpholine rings is 1. The Balaban J connectivity index is 1.85. The third kappa shape index (κ3) is 2.52. The van der Waals surface area contributed by atoms with Crippen molar-refractivity contribution in [1.29, 1.82) is 0 Å². The monoisotopic (exact) mass is 213 g/mol. The van der Waals surface area contributed by atoms with Gasteiger partial charge in [-0.2, -0.15) is 0 Å². The standard InChI is InChI=1S/C12H23NO2/c1-9(2)13-6-7-15-11(8-13)12(14)10-4-3-5-10/h9-12,14H,3-8H2,1-2H3. The van der Waals surface area contributed by atoms with Crippen LogP contribution in [0.1, 0.15) is 33.1 Å². The number of aliphatic hydroxyl groups is 1. The molecule has 0 radical (unpaired) electrons. The van der Waals surface area contributed by atoms with E-state index in [-0.39, 0.29) is 12.2 Å². The van der Waals surface area contributed by atoms with Gasteiger partial charge in [-0.15, -0.1) is 0 Å². The number of hydrogen-bond donors (Lipinski definition) is 1. The number of aliphatic hydroxyl groups excluding tert-OH is 1. The van der Waals surface area contributed by atoms with Gasteiger partial charge in [-0.25, -0.2) is 0 Å². The van der Waals surface area contributed by atoms with E-state index in [0.29, 0.717) is 12.0 Å². The van der Waals surface area contributed by atoms with Crippen molar-refractivity contribution in [2.45, 2.75) is 51.4 Å². The molecule has 3 heteroatoms. The fourth-order valence-electron chi connectivity index (χ4n) is 2.46. The highest BCUT2D eigenvalue weighted by molar-refractivity contribution is 4.86. The molecule has 1 aliphatic heterocycles. The van der Waals surface area contributed by atoms with Crippen molar-refractivity contribution in [3.63, 3.8) is 0 Å². The van der Waals surface area contributed by atoms with E-state index in [1.54, 1.807) is 0 Å². The van der Waals surface area contributed by atoms with Crippen LogP contribution in [0.5, 0.6) is 0 Å². The maximum absolute atomic E-state index is 10.1. The molecule has 1 saturated heterocycles. The lowest BCUT2D eigenvalue weighted by molar-refractivity contribution is -0.120. The van der Waals surface area contributed by atoms with Crippen LogP contribution in [0.3, 0.4) is 0 Å². The number of hydrogen-bond acceptors (Lipinski definition) is 3. The molecule has 0 spiro atoms. The molecule has 2 atom stereocenters. The first-order valence-corrected chi connectivity index (χ1v) is 6.22. The molecule has 1 aliphatic carbocycles. The van der Waals surface area contributed by atoms with E-state index in [2.05, 4.69) is 18.7 Å². The summed E-state index contributed by atoms with van der Waals surface area (Å²) in [6.07, 6.45) is 3.46. The summed E-state index contributed by atoms with van der Waals surface area (Å²) >= 11 is 0. The molecular weight excluding hydrogens is 190 g/mol. The summed E-state index contributed by atoms with van der Waals surface area (Å²) in [7, 11) is 0. The lowest BCUT2D eigenvalue weighted by Gasteiger charge is -2.41. The molecule has 2 aliphatic rings. The Bertz CT molecular complexity index is 204. The fraction of sp³-hybridized carbons (Fsp3) is 1.00. The van der Waals surface area contributed by atoms with Gasteiger partial charge in [0.15, 0.2) is 0 Å². The molecule has 1 heterocycles. The topological polar surface area (TPSA) is 32.7 Å². The zero-order valence-corrected chi connectivity index (χ0v) is 9.85. The summed E-state index contributed by atoms with van der Waals surface area (Å²) in [5, 5.41) is 10.1. The van der Waals surface area contributed by atoms with Gasteiger partial charge in [0.05, 0.1) is 18.8 Å². The molecule has 0 aromatic rings. The molecular formula is C12H23NO2. The minimum absolute atomic E-state index is 0.0476. The van der Waals surface area contributed by atoms with Gasteiger partial charge in [0, 0.05) is 19.1 Å². The van der Waals surface area contributed by atoms with E-state index in [1.165, 1.54) is 19.3 Å². The predicted octanol–water partition coefficient (Wildman–Crippen LogP) is 1.26. The Morgan fingerprint density at radius 1 is 1.33 bits per heavy atom. The minimum atomic E-state index is -0.236. The van der Waals surface area contributed by atoms with Crippen LogP contribution in [0, 0.1) is 5.92 Å². The van der Waals surface area contributed by atoms with Gasteiger partial charge in [-0.05, 0) is 32.6 Å². The summed E-state index contributed by atoms with van der Waals surface area (Å²) in [4.78, 5) is 2.40. The second kappa shape index (κ2) is 4.81. The molecule has 88 valence electrons. The van der Waals surface area contributed by atoms with E-state index in [0.717, 1.165) is 19.7 Å². The molecule has 2 unspecified atom stereocenters. The summed E-state index contributed by atoms with van der Waals surface area (Å²) < 4.78 is 5.69. The van der Waals surface area contributed by atoms with Crippen LogP contribution < -0.4 is 0 Å². The van der Waals surface area contributed by atoms with Crippen LogP contribution >= 0.6 is 0 Å². The van der Waals surface area contributed by atoms with Crippen molar-refractivity contribution in [2.24, 2.45) is 5.92 Å². The Morgan fingerprint density at radius 3 is 2.60 bits per heavy atom. The van der Waals surface area contributed by atoms with Gasteiger partial charge in [0.25, 0.3) is 0 Å². The molecule has 0 bridgehead atoms. The molecule has 0 aromatic heterocycles. The molecule has 15 heavy (non-hydrogen) atoms. The van der Waals surface area contributed by atoms with Gasteiger partial charge in [0.2, 0.25) is 0 Å². The van der Waals surface area contributed by atoms with E-state index in [9.17, 15) is 5.11 Å². The lowest BCUT2D eigenvalue weighted by atomic mass is 9.79. The summed E-state index contributed by atoms with van der Waals surface area (Å²) in [6.45, 7) is 7.09. The normalized spacial score (nSPS) is 31.6. The van der Waals surface area contributed by atoms with Crippen molar-refractivity contribution >= 4 is 0 Å². The van der Waals surface area contributed by atoms with Crippen LogP contribution in [0.25, 0.3) is 0 Å². The van der Waals surface area contributed by atoms with E-state index < -0.39 is 0 Å². The predicted molar refractivity (Wildman–Crippen MR) is 59.8 cm³/mol. The Hall–Kier alpha value is -0.120. The molecule has 2 rings (SSSR count). The van der Waals surface area contributed by atoms with Gasteiger partial charge < -0.3 is 9.84 Å². The van der Waals surface area contributed by atoms with E-state index in [4.69, 9.17) is 4.74 Å². The maximum atomic E-state index is 10.1. The minimum Gasteiger partial charge on any atom is -0.390 e. The molecule has 0 amide bonds. The van der Waals surface area contributed by atoms with E-state index in [1.807, 2.05) is 0 Å². The van der Waals surface area contributed by atoms with Gasteiger partial charge in [-0.3, -0.25) is 4.90 Å². The molecule has 2 fully saturated rings. The maximum Gasteiger partial charge on any atom is 0.0963 e. The van der Waals surface area contributed by atoms with Crippen molar-refractivity contribution in [2.75, 3.05) is 19.7 Å². The second-order valence-corrected chi connectivity index (χ2v) is 5.18. The quantitative estimate of drug-likeness (QED) is 0.766. The highest BCUT2D eigenvalue weighted by Crippen LogP contribution is 2.32. The summed E-state index contributed by atoms with van der Waals surface area (Å²) in [6, 6.07) is 0.560. The number of rotatable bonds is 3. The van der Waals surface area contributed by atoms with Gasteiger partial charge >= 0.3 is 0 Å². The third-order valence-electron chi connectivity index (χ3n) is 3.87. The number of nitrogens with zero attached hydrogens (tertiary/aromatic N) is 1. The Kier molecular flexibility index (Phi) is 3.65. The molecule has 3 nitrogen and oxygen atoms in total. The van der Waals surface area contributed by atoms with Crippen molar-refractivity contribution in [3.05, 3.63) is 0 Å². The van der Waals surface area contributed by atoms with Crippen molar-refractivity contribution < 1.29 is 9.84 Å². The first-order valence-electron chi connectivity index (χ1n) is 6.22. The molecule has 1 N–H and O–H groups in total. The second-order valence-electron chi connectivity index (χ2n) is 5.18. The molecule has 0 aromatic carbocycles. The largest absolute Gasteiger partial charge is 0.390 e. The summed E-state index contributed by atoms with van der Waals surface area (Å²) in [5.41, 5.74) is 0. The Labute approximate surface area is 92.4 Å². The lowest BCUT2D eigenvalue weighted by Crippen LogP contribution is -2.52. The fourth-order valence-corrected chi connectivity index (χ4v) is 2.46. The van der Waals surface area contributed by atoms with Crippen LogP contribution in [0.4, 0.5) is 0 Å². The summed E-state index contributed by atoms with van der Waals surface area (Å²) in [5.74, 6) is 0.502. The Morgan fingerprint density at radius 2 is 2.07 bits per heavy atom. The van der Waals surface area contributed by atoms with Crippen LogP contribution in [-0.2, 0) is 4.74 Å². The van der Waals surface area contributed by atoms with Crippen LogP contribution in [-0.4, -0.2) is 48.0 Å². The highest BCUT2D eigenvalue weighted by atomic mass is 16.5. The SMILES string of the molecule is CC(C)N1CCOC(C(O)C2CCC2)C1. The highest BCUT2D eigenvalue weighted by Gasteiger charge is 2.35. The average molecular weight is 213 g/mol. The van der Waals surface area contributed by atoms with Gasteiger partial charge in [-0.1, -0.05) is 6.42 Å². The van der Waals surface area contributed by atoms with Crippen molar-refractivity contribution in [1.82, 2.24) is 4.90 Å². The van der Waals surface area contributed by atoms with Crippen LogP contribution in [0.15, 0.2) is 0 Å². The molecule has 1 saturated carbocycles. The zero-order chi connectivity index (χ0) is 10.8. The smallest absolute Gasteiger partial charge is 0.0963 e. The zero-order valence-electron chi connectivity index (χ0n) is 9.85. The average Bonchev–Trinajstić information content (AvgIpc) is 2.15. The number of ether oxygens (including phenoxy) is 1. The third-order valence-corrected chi connectivity index (χ3v) is 3.87. The van der Waals surface area contributed by atoms with E-state index >= 15 is 0 Å².